The molecule has 1 N–H and O–H groups in total. The monoisotopic (exact) mass is 298 g/mol. The number of hydrogen-bond donors (Lipinski definition) is 1. The fraction of sp³-hybridized carbons (Fsp3) is 0.875. The van der Waals surface area contributed by atoms with Crippen LogP contribution in [0, 0.1) is 0 Å². The van der Waals surface area contributed by atoms with Crippen molar-refractivity contribution in [3.05, 3.63) is 0 Å². The van der Waals surface area contributed by atoms with Crippen LogP contribution in [0.25, 0.3) is 0 Å². The SMILES string of the molecule is CC(C)N(C(=O)CN(C)C(C)(C)C(=O)O)C1CCCCC1. The minimum Gasteiger partial charge on any atom is -0.480 e. The standard InChI is InChI=1S/C16H30N2O3/c1-12(2)18(13-9-7-6-8-10-13)14(19)11-17(5)16(3,4)15(20)21/h12-13H,6-11H2,1-5H3,(H,20,21). The quantitative estimate of drug-likeness (QED) is 0.817. The Labute approximate surface area is 128 Å². The smallest absolute Gasteiger partial charge is 0.323 e. The van der Waals surface area contributed by atoms with E-state index in [4.69, 9.17) is 0 Å². The first-order valence-electron chi connectivity index (χ1n) is 7.93. The molecule has 0 heterocycles. The molecule has 5 nitrogen and oxygen atoms in total. The second-order valence-corrected chi connectivity index (χ2v) is 6.91. The van der Waals surface area contributed by atoms with Gasteiger partial charge in [-0.3, -0.25) is 14.5 Å². The van der Waals surface area contributed by atoms with Gasteiger partial charge in [-0.2, -0.15) is 0 Å². The van der Waals surface area contributed by atoms with Crippen LogP contribution in [0.1, 0.15) is 59.8 Å². The van der Waals surface area contributed by atoms with Crippen molar-refractivity contribution in [2.24, 2.45) is 0 Å². The molecular weight excluding hydrogens is 268 g/mol. The summed E-state index contributed by atoms with van der Waals surface area (Å²) in [5, 5.41) is 9.25. The van der Waals surface area contributed by atoms with Crippen LogP contribution in [0.2, 0.25) is 0 Å². The van der Waals surface area contributed by atoms with Crippen LogP contribution in [0.15, 0.2) is 0 Å². The summed E-state index contributed by atoms with van der Waals surface area (Å²) in [7, 11) is 1.70. The molecule has 1 aliphatic rings. The molecule has 0 aromatic rings. The van der Waals surface area contributed by atoms with Crippen molar-refractivity contribution in [1.82, 2.24) is 9.80 Å². The summed E-state index contributed by atoms with van der Waals surface area (Å²) in [5.74, 6) is -0.875. The molecule has 1 saturated carbocycles. The Morgan fingerprint density at radius 3 is 2.14 bits per heavy atom. The molecule has 0 spiro atoms. The van der Waals surface area contributed by atoms with E-state index in [0.29, 0.717) is 6.04 Å². The van der Waals surface area contributed by atoms with Crippen molar-refractivity contribution in [2.45, 2.75) is 77.4 Å². The van der Waals surface area contributed by atoms with Gasteiger partial charge in [0.2, 0.25) is 5.91 Å². The van der Waals surface area contributed by atoms with E-state index in [0.717, 1.165) is 12.8 Å². The highest BCUT2D eigenvalue weighted by Gasteiger charge is 2.35. The van der Waals surface area contributed by atoms with E-state index in [1.54, 1.807) is 25.8 Å². The normalized spacial score (nSPS) is 17.3. The molecule has 0 aromatic carbocycles. The lowest BCUT2D eigenvalue weighted by atomic mass is 9.93. The maximum atomic E-state index is 12.7. The van der Waals surface area contributed by atoms with E-state index in [2.05, 4.69) is 0 Å². The highest BCUT2D eigenvalue weighted by atomic mass is 16.4. The van der Waals surface area contributed by atoms with Crippen molar-refractivity contribution in [3.8, 4) is 0 Å². The van der Waals surface area contributed by atoms with Gasteiger partial charge in [-0.1, -0.05) is 19.3 Å². The van der Waals surface area contributed by atoms with E-state index in [1.165, 1.54) is 19.3 Å². The van der Waals surface area contributed by atoms with Gasteiger partial charge in [-0.15, -0.1) is 0 Å². The predicted octanol–water partition coefficient (Wildman–Crippen LogP) is 2.35. The fourth-order valence-electron chi connectivity index (χ4n) is 2.92. The van der Waals surface area contributed by atoms with Crippen LogP contribution in [-0.4, -0.2) is 58.0 Å². The lowest BCUT2D eigenvalue weighted by Crippen LogP contribution is -2.54. The minimum atomic E-state index is -1.04. The van der Waals surface area contributed by atoms with Gasteiger partial charge >= 0.3 is 5.97 Å². The zero-order chi connectivity index (χ0) is 16.2. The van der Waals surface area contributed by atoms with Crippen molar-refractivity contribution in [3.63, 3.8) is 0 Å². The summed E-state index contributed by atoms with van der Waals surface area (Å²) >= 11 is 0. The Balaban J connectivity index is 2.75. The molecule has 5 heteroatoms. The van der Waals surface area contributed by atoms with E-state index in [1.807, 2.05) is 18.7 Å². The second kappa shape index (κ2) is 7.25. The topological polar surface area (TPSA) is 60.9 Å². The first-order chi connectivity index (χ1) is 9.67. The third kappa shape index (κ3) is 4.43. The molecule has 1 rings (SSSR count). The molecule has 0 radical (unpaired) electrons. The maximum absolute atomic E-state index is 12.7. The summed E-state index contributed by atoms with van der Waals surface area (Å²) in [6.45, 7) is 7.48. The molecule has 1 aliphatic carbocycles. The van der Waals surface area contributed by atoms with Gasteiger partial charge in [0.25, 0.3) is 0 Å². The van der Waals surface area contributed by atoms with Gasteiger partial charge in [0.1, 0.15) is 5.54 Å². The minimum absolute atomic E-state index is 0.0359. The highest BCUT2D eigenvalue weighted by molar-refractivity contribution is 5.82. The first kappa shape index (κ1) is 18.0. The average molecular weight is 298 g/mol. The molecule has 1 amide bonds. The summed E-state index contributed by atoms with van der Waals surface area (Å²) in [4.78, 5) is 27.5. The van der Waals surface area contributed by atoms with Crippen molar-refractivity contribution in [1.29, 1.82) is 0 Å². The number of rotatable bonds is 6. The number of carbonyl (C=O) groups excluding carboxylic acids is 1. The molecule has 122 valence electrons. The number of carbonyl (C=O) groups is 2. The summed E-state index contributed by atoms with van der Waals surface area (Å²) in [5.41, 5.74) is -1.04. The van der Waals surface area contributed by atoms with Gasteiger partial charge in [0, 0.05) is 12.1 Å². The lowest BCUT2D eigenvalue weighted by Gasteiger charge is -2.39. The third-order valence-corrected chi connectivity index (χ3v) is 4.66. The third-order valence-electron chi connectivity index (χ3n) is 4.66. The summed E-state index contributed by atoms with van der Waals surface area (Å²) in [6.07, 6.45) is 5.74. The molecule has 0 bridgehead atoms. The second-order valence-electron chi connectivity index (χ2n) is 6.91. The van der Waals surface area contributed by atoms with E-state index < -0.39 is 11.5 Å². The molecule has 0 unspecified atom stereocenters. The van der Waals surface area contributed by atoms with Gasteiger partial charge < -0.3 is 10.0 Å². The number of carboxylic acids is 1. The molecule has 21 heavy (non-hydrogen) atoms. The van der Waals surface area contributed by atoms with Gasteiger partial charge in [-0.05, 0) is 47.6 Å². The Hall–Kier alpha value is -1.10. The molecule has 0 aliphatic heterocycles. The number of nitrogens with zero attached hydrogens (tertiary/aromatic N) is 2. The zero-order valence-corrected chi connectivity index (χ0v) is 14.1. The number of likely N-dealkylation sites (N-methyl/N-ethyl adjacent to an activating group) is 1. The average Bonchev–Trinajstić information content (AvgIpc) is 2.39. The van der Waals surface area contributed by atoms with Crippen molar-refractivity contribution in [2.75, 3.05) is 13.6 Å². The summed E-state index contributed by atoms with van der Waals surface area (Å²) < 4.78 is 0. The van der Waals surface area contributed by atoms with Crippen molar-refractivity contribution >= 4 is 11.9 Å². The summed E-state index contributed by atoms with van der Waals surface area (Å²) in [6, 6.07) is 0.467. The van der Waals surface area contributed by atoms with Crippen LogP contribution in [0.5, 0.6) is 0 Å². The van der Waals surface area contributed by atoms with Crippen LogP contribution in [0.3, 0.4) is 0 Å². The maximum Gasteiger partial charge on any atom is 0.323 e. The first-order valence-corrected chi connectivity index (χ1v) is 7.93. The number of aliphatic carboxylic acids is 1. The largest absolute Gasteiger partial charge is 0.480 e. The predicted molar refractivity (Wildman–Crippen MR) is 83.2 cm³/mol. The van der Waals surface area contributed by atoms with E-state index >= 15 is 0 Å². The molecular formula is C16H30N2O3. The number of carboxylic acid groups (broad SMARTS) is 1. The molecule has 0 saturated heterocycles. The molecule has 0 atom stereocenters. The Bertz CT molecular complexity index is 374. The van der Waals surface area contributed by atoms with Gasteiger partial charge in [0.15, 0.2) is 0 Å². The Morgan fingerprint density at radius 1 is 1.19 bits per heavy atom. The van der Waals surface area contributed by atoms with Gasteiger partial charge in [-0.25, -0.2) is 0 Å². The lowest BCUT2D eigenvalue weighted by molar-refractivity contribution is -0.150. The zero-order valence-electron chi connectivity index (χ0n) is 14.1. The van der Waals surface area contributed by atoms with Crippen LogP contribution in [-0.2, 0) is 9.59 Å². The van der Waals surface area contributed by atoms with Crippen LogP contribution >= 0.6 is 0 Å². The highest BCUT2D eigenvalue weighted by Crippen LogP contribution is 2.25. The van der Waals surface area contributed by atoms with Gasteiger partial charge in [0.05, 0.1) is 6.54 Å². The fourth-order valence-corrected chi connectivity index (χ4v) is 2.92. The van der Waals surface area contributed by atoms with Crippen LogP contribution in [0.4, 0.5) is 0 Å². The van der Waals surface area contributed by atoms with Crippen LogP contribution < -0.4 is 0 Å². The van der Waals surface area contributed by atoms with Crippen molar-refractivity contribution < 1.29 is 14.7 Å². The van der Waals surface area contributed by atoms with E-state index in [9.17, 15) is 14.7 Å². The Kier molecular flexibility index (Phi) is 6.20. The molecule has 1 fully saturated rings. The number of amides is 1. The molecule has 0 aromatic heterocycles. The number of hydrogen-bond acceptors (Lipinski definition) is 3. The van der Waals surface area contributed by atoms with E-state index in [-0.39, 0.29) is 18.5 Å². The Morgan fingerprint density at radius 2 is 1.71 bits per heavy atom.